The van der Waals surface area contributed by atoms with Gasteiger partial charge in [-0.15, -0.1) is 10.2 Å². The van der Waals surface area contributed by atoms with Crippen LogP contribution in [0.3, 0.4) is 0 Å². The first-order chi connectivity index (χ1) is 8.07. The van der Waals surface area contributed by atoms with Crippen molar-refractivity contribution in [2.45, 2.75) is 44.8 Å². The molecule has 2 unspecified atom stereocenters. The molecular weight excluding hydrogens is 218 g/mol. The summed E-state index contributed by atoms with van der Waals surface area (Å²) in [5.41, 5.74) is -0.556. The Balaban J connectivity index is 1.77. The first-order valence-electron chi connectivity index (χ1n) is 6.23. The number of hydrogen-bond acceptors (Lipinski definition) is 5. The van der Waals surface area contributed by atoms with Crippen LogP contribution in [0.2, 0.25) is 0 Å². The van der Waals surface area contributed by atoms with Gasteiger partial charge in [0.05, 0.1) is 19.2 Å². The van der Waals surface area contributed by atoms with Crippen LogP contribution in [0.4, 0.5) is 0 Å². The second kappa shape index (κ2) is 5.10. The maximum absolute atomic E-state index is 10.4. The van der Waals surface area contributed by atoms with E-state index in [4.69, 9.17) is 0 Å². The lowest BCUT2D eigenvalue weighted by Crippen LogP contribution is -2.43. The van der Waals surface area contributed by atoms with E-state index in [1.54, 1.807) is 7.05 Å². The zero-order valence-corrected chi connectivity index (χ0v) is 10.6. The Morgan fingerprint density at radius 2 is 2.41 bits per heavy atom. The Bertz CT molecular complexity index is 366. The fraction of sp³-hybridized carbons (Fsp3) is 0.909. The normalized spacial score (nSPS) is 29.5. The third kappa shape index (κ3) is 3.47. The summed E-state index contributed by atoms with van der Waals surface area (Å²) in [6.45, 7) is 3.37. The summed E-state index contributed by atoms with van der Waals surface area (Å²) in [7, 11) is 1.74. The minimum Gasteiger partial charge on any atom is -0.389 e. The van der Waals surface area contributed by atoms with Gasteiger partial charge in [-0.25, -0.2) is 0 Å². The summed E-state index contributed by atoms with van der Waals surface area (Å²) < 4.78 is 0. The Morgan fingerprint density at radius 3 is 3.06 bits per heavy atom. The molecule has 0 saturated heterocycles. The Kier molecular flexibility index (Phi) is 3.73. The summed E-state index contributed by atoms with van der Waals surface area (Å²) in [5, 5.41) is 25.4. The van der Waals surface area contributed by atoms with Crippen LogP contribution in [0.15, 0.2) is 0 Å². The van der Waals surface area contributed by atoms with Gasteiger partial charge in [0.1, 0.15) is 0 Å². The van der Waals surface area contributed by atoms with Crippen LogP contribution in [-0.2, 0) is 13.6 Å². The molecule has 0 amide bonds. The highest BCUT2D eigenvalue weighted by Crippen LogP contribution is 2.31. The molecule has 1 saturated carbocycles. The molecule has 1 aliphatic carbocycles. The first kappa shape index (κ1) is 12.4. The third-order valence-electron chi connectivity index (χ3n) is 3.35. The molecule has 1 aromatic rings. The van der Waals surface area contributed by atoms with Gasteiger partial charge in [0, 0.05) is 6.54 Å². The molecule has 2 N–H and O–H groups in total. The molecule has 2 rings (SSSR count). The van der Waals surface area contributed by atoms with Gasteiger partial charge in [-0.1, -0.05) is 19.8 Å². The Morgan fingerprint density at radius 1 is 1.59 bits per heavy atom. The van der Waals surface area contributed by atoms with Gasteiger partial charge in [0.15, 0.2) is 5.82 Å². The summed E-state index contributed by atoms with van der Waals surface area (Å²) >= 11 is 0. The minimum atomic E-state index is -0.556. The van der Waals surface area contributed by atoms with Gasteiger partial charge < -0.3 is 10.4 Å². The smallest absolute Gasteiger partial charge is 0.188 e. The lowest BCUT2D eigenvalue weighted by atomic mass is 9.79. The predicted molar refractivity (Wildman–Crippen MR) is 63.1 cm³/mol. The number of tetrazole rings is 1. The van der Waals surface area contributed by atoms with Gasteiger partial charge in [-0.2, -0.15) is 4.80 Å². The second-order valence-electron chi connectivity index (χ2n) is 5.22. The molecule has 1 heterocycles. The highest BCUT2D eigenvalue weighted by Gasteiger charge is 2.32. The van der Waals surface area contributed by atoms with Gasteiger partial charge in [0.25, 0.3) is 0 Å². The Hall–Kier alpha value is -1.01. The van der Waals surface area contributed by atoms with E-state index in [0.717, 1.165) is 19.3 Å². The molecule has 1 aromatic heterocycles. The molecule has 1 aliphatic rings. The molecule has 0 aromatic carbocycles. The average molecular weight is 239 g/mol. The number of aliphatic hydroxyl groups is 1. The SMILES string of the molecule is CC1CCCC(O)(CNCc2nnn(C)n2)C1. The number of aromatic nitrogens is 4. The van der Waals surface area contributed by atoms with Crippen molar-refractivity contribution in [3.05, 3.63) is 5.82 Å². The Labute approximate surface area is 101 Å². The van der Waals surface area contributed by atoms with E-state index in [1.165, 1.54) is 11.2 Å². The largest absolute Gasteiger partial charge is 0.389 e. The molecule has 0 bridgehead atoms. The van der Waals surface area contributed by atoms with E-state index in [0.29, 0.717) is 24.8 Å². The van der Waals surface area contributed by atoms with Gasteiger partial charge >= 0.3 is 0 Å². The van der Waals surface area contributed by atoms with Crippen LogP contribution in [0.5, 0.6) is 0 Å². The predicted octanol–water partition coefficient (Wildman–Crippen LogP) is 0.241. The number of rotatable bonds is 4. The molecular formula is C11H21N5O. The van der Waals surface area contributed by atoms with Crippen LogP contribution < -0.4 is 5.32 Å². The second-order valence-corrected chi connectivity index (χ2v) is 5.22. The van der Waals surface area contributed by atoms with Crippen molar-refractivity contribution in [1.82, 2.24) is 25.5 Å². The lowest BCUT2D eigenvalue weighted by Gasteiger charge is -2.35. The average Bonchev–Trinajstić information content (AvgIpc) is 2.63. The van der Waals surface area contributed by atoms with Crippen LogP contribution in [0, 0.1) is 5.92 Å². The minimum absolute atomic E-state index is 0.556. The number of nitrogens with zero attached hydrogens (tertiary/aromatic N) is 4. The highest BCUT2D eigenvalue weighted by atomic mass is 16.3. The van der Waals surface area contributed by atoms with Crippen molar-refractivity contribution in [2.75, 3.05) is 6.54 Å². The summed E-state index contributed by atoms with van der Waals surface area (Å²) in [5.74, 6) is 1.28. The monoisotopic (exact) mass is 239 g/mol. The van der Waals surface area contributed by atoms with E-state index >= 15 is 0 Å². The zero-order chi connectivity index (χ0) is 12.3. The molecule has 96 valence electrons. The van der Waals surface area contributed by atoms with E-state index in [-0.39, 0.29) is 0 Å². The third-order valence-corrected chi connectivity index (χ3v) is 3.35. The fourth-order valence-electron chi connectivity index (χ4n) is 2.59. The van der Waals surface area contributed by atoms with Gasteiger partial charge in [0.2, 0.25) is 0 Å². The molecule has 0 spiro atoms. The van der Waals surface area contributed by atoms with Crippen LogP contribution >= 0.6 is 0 Å². The molecule has 2 atom stereocenters. The quantitative estimate of drug-likeness (QED) is 0.787. The number of nitrogens with one attached hydrogen (secondary N) is 1. The van der Waals surface area contributed by atoms with Crippen LogP contribution in [-0.4, -0.2) is 37.5 Å². The van der Waals surface area contributed by atoms with Crippen molar-refractivity contribution in [3.63, 3.8) is 0 Å². The summed E-state index contributed by atoms with van der Waals surface area (Å²) in [6, 6.07) is 0. The fourth-order valence-corrected chi connectivity index (χ4v) is 2.59. The van der Waals surface area contributed by atoms with Crippen molar-refractivity contribution in [2.24, 2.45) is 13.0 Å². The van der Waals surface area contributed by atoms with Crippen molar-refractivity contribution in [3.8, 4) is 0 Å². The highest BCUT2D eigenvalue weighted by molar-refractivity contribution is 4.88. The van der Waals surface area contributed by atoms with E-state index in [1.807, 2.05) is 0 Å². The van der Waals surface area contributed by atoms with E-state index in [2.05, 4.69) is 27.7 Å². The summed E-state index contributed by atoms with van der Waals surface area (Å²) in [4.78, 5) is 1.44. The molecule has 1 fully saturated rings. The van der Waals surface area contributed by atoms with E-state index in [9.17, 15) is 5.11 Å². The van der Waals surface area contributed by atoms with Crippen molar-refractivity contribution < 1.29 is 5.11 Å². The van der Waals surface area contributed by atoms with Crippen molar-refractivity contribution in [1.29, 1.82) is 0 Å². The first-order valence-corrected chi connectivity index (χ1v) is 6.23. The zero-order valence-electron chi connectivity index (χ0n) is 10.6. The van der Waals surface area contributed by atoms with Crippen LogP contribution in [0.1, 0.15) is 38.4 Å². The molecule has 6 heteroatoms. The standard InChI is InChI=1S/C11H21N5O/c1-9-4-3-5-11(17,6-9)8-12-7-10-13-15-16(2)14-10/h9,12,17H,3-8H2,1-2H3. The van der Waals surface area contributed by atoms with Crippen molar-refractivity contribution >= 4 is 0 Å². The maximum Gasteiger partial charge on any atom is 0.188 e. The van der Waals surface area contributed by atoms with E-state index < -0.39 is 5.60 Å². The molecule has 17 heavy (non-hydrogen) atoms. The molecule has 0 radical (unpaired) electrons. The number of aryl methyl sites for hydroxylation is 1. The van der Waals surface area contributed by atoms with Gasteiger partial charge in [-0.3, -0.25) is 0 Å². The molecule has 0 aliphatic heterocycles. The topological polar surface area (TPSA) is 75.9 Å². The molecule has 6 nitrogen and oxygen atoms in total. The lowest BCUT2D eigenvalue weighted by molar-refractivity contribution is -0.0120. The summed E-state index contributed by atoms with van der Waals surface area (Å²) in [6.07, 6.45) is 4.11. The van der Waals surface area contributed by atoms with Gasteiger partial charge in [-0.05, 0) is 24.0 Å². The maximum atomic E-state index is 10.4. The van der Waals surface area contributed by atoms with Crippen LogP contribution in [0.25, 0.3) is 0 Å². The number of hydrogen-bond donors (Lipinski definition) is 2.